The molecule has 0 spiro atoms. The first kappa shape index (κ1) is 22.1. The Hall–Kier alpha value is -1.97. The van der Waals surface area contributed by atoms with Crippen LogP contribution < -0.4 is 0 Å². The summed E-state index contributed by atoms with van der Waals surface area (Å²) in [5.41, 5.74) is 2.83. The van der Waals surface area contributed by atoms with Crippen molar-refractivity contribution in [2.45, 2.75) is 60.3 Å². The van der Waals surface area contributed by atoms with E-state index in [0.29, 0.717) is 18.4 Å². The molecule has 0 aliphatic heterocycles. The topological polar surface area (TPSA) is 60.4 Å². The minimum atomic E-state index is -0.396. The fraction of sp³-hybridized carbons (Fsp3) is 0.591. The molecule has 0 unspecified atom stereocenters. The van der Waals surface area contributed by atoms with Crippen molar-refractivity contribution in [2.75, 3.05) is 6.61 Å². The van der Waals surface area contributed by atoms with Crippen LogP contribution in [-0.2, 0) is 19.1 Å². The maximum atomic E-state index is 13.0. The standard InChI is InChI=1S/C22H32O4/c1-15(2)8-6-10-17(4)22-20(14-26-18(5)24)19(13-23)11-7-9-16(3)12-21(22)25/h8-9,11,13,17,20,22H,6-7,10,12,14H2,1-5H3/b16-9-,19-11-/t17-,20-,22+/m1/s1. The number of carbonyl (C=O) groups excluding carboxylic acids is 3. The van der Waals surface area contributed by atoms with Gasteiger partial charge in [-0.05, 0) is 51.5 Å². The van der Waals surface area contributed by atoms with Gasteiger partial charge >= 0.3 is 5.97 Å². The van der Waals surface area contributed by atoms with Crippen molar-refractivity contribution in [3.8, 4) is 0 Å². The van der Waals surface area contributed by atoms with Crippen LogP contribution in [0.15, 0.2) is 34.9 Å². The van der Waals surface area contributed by atoms with Gasteiger partial charge in [0.1, 0.15) is 12.1 Å². The van der Waals surface area contributed by atoms with Crippen molar-refractivity contribution in [3.63, 3.8) is 0 Å². The lowest BCUT2D eigenvalue weighted by Crippen LogP contribution is -2.34. The molecular weight excluding hydrogens is 328 g/mol. The number of carbonyl (C=O) groups is 3. The van der Waals surface area contributed by atoms with Crippen LogP contribution in [0.2, 0.25) is 0 Å². The SMILES string of the molecule is CC(=O)OC[C@@H]1/C(C=O)=C\C/C=C(/C)CC(=O)[C@H]1[C@H](C)CCC=C(C)C. The number of ether oxygens (including phenoxy) is 1. The Bertz CT molecular complexity index is 606. The monoisotopic (exact) mass is 360 g/mol. The second-order valence-corrected chi connectivity index (χ2v) is 7.52. The highest BCUT2D eigenvalue weighted by molar-refractivity contribution is 5.86. The first-order valence-corrected chi connectivity index (χ1v) is 9.36. The van der Waals surface area contributed by atoms with E-state index in [1.807, 2.05) is 19.1 Å². The van der Waals surface area contributed by atoms with Gasteiger partial charge in [0.15, 0.2) is 0 Å². The fourth-order valence-electron chi connectivity index (χ4n) is 3.52. The third-order valence-corrected chi connectivity index (χ3v) is 4.90. The van der Waals surface area contributed by atoms with E-state index in [9.17, 15) is 14.4 Å². The molecule has 3 atom stereocenters. The Morgan fingerprint density at radius 3 is 2.58 bits per heavy atom. The van der Waals surface area contributed by atoms with Gasteiger partial charge in [-0.1, -0.05) is 36.3 Å². The maximum absolute atomic E-state index is 13.0. The van der Waals surface area contributed by atoms with Crippen molar-refractivity contribution in [1.29, 1.82) is 0 Å². The summed E-state index contributed by atoms with van der Waals surface area (Å²) in [4.78, 5) is 36.1. The zero-order valence-electron chi connectivity index (χ0n) is 16.7. The lowest BCUT2D eigenvalue weighted by molar-refractivity contribution is -0.144. The first-order valence-electron chi connectivity index (χ1n) is 9.36. The smallest absolute Gasteiger partial charge is 0.302 e. The molecule has 4 nitrogen and oxygen atoms in total. The number of ketones is 1. The van der Waals surface area contributed by atoms with Crippen LogP contribution in [-0.4, -0.2) is 24.6 Å². The predicted molar refractivity (Wildman–Crippen MR) is 104 cm³/mol. The molecule has 0 aromatic carbocycles. The second kappa shape index (κ2) is 10.9. The van der Waals surface area contributed by atoms with Gasteiger partial charge in [-0.2, -0.15) is 0 Å². The molecule has 0 saturated heterocycles. The largest absolute Gasteiger partial charge is 0.465 e. The predicted octanol–water partition coefficient (Wildman–Crippen LogP) is 4.60. The fourth-order valence-corrected chi connectivity index (χ4v) is 3.52. The molecule has 0 N–H and O–H groups in total. The molecule has 0 aromatic heterocycles. The van der Waals surface area contributed by atoms with E-state index in [1.165, 1.54) is 12.5 Å². The zero-order chi connectivity index (χ0) is 19.7. The molecule has 26 heavy (non-hydrogen) atoms. The summed E-state index contributed by atoms with van der Waals surface area (Å²) in [7, 11) is 0. The molecule has 1 rings (SSSR count). The van der Waals surface area contributed by atoms with E-state index in [-0.39, 0.29) is 30.1 Å². The lowest BCUT2D eigenvalue weighted by atomic mass is 9.73. The van der Waals surface area contributed by atoms with Gasteiger partial charge in [0.25, 0.3) is 0 Å². The number of Topliss-reactive ketones (excluding diaryl/α,β-unsaturated/α-hetero) is 1. The Labute approximate surface area is 157 Å². The van der Waals surface area contributed by atoms with Crippen molar-refractivity contribution in [2.24, 2.45) is 17.8 Å². The molecule has 1 aliphatic carbocycles. The quantitative estimate of drug-likeness (QED) is 0.378. The Morgan fingerprint density at radius 2 is 2.00 bits per heavy atom. The van der Waals surface area contributed by atoms with Crippen LogP contribution in [0.1, 0.15) is 60.3 Å². The summed E-state index contributed by atoms with van der Waals surface area (Å²) in [6, 6.07) is 0. The number of esters is 1. The van der Waals surface area contributed by atoms with E-state index in [1.54, 1.807) is 0 Å². The van der Waals surface area contributed by atoms with Gasteiger partial charge in [-0.3, -0.25) is 14.4 Å². The number of hydrogen-bond acceptors (Lipinski definition) is 4. The molecule has 0 heterocycles. The van der Waals surface area contributed by atoms with Crippen molar-refractivity contribution >= 4 is 18.0 Å². The van der Waals surface area contributed by atoms with Crippen molar-refractivity contribution in [3.05, 3.63) is 34.9 Å². The molecule has 0 saturated carbocycles. The van der Waals surface area contributed by atoms with Crippen LogP contribution in [0.4, 0.5) is 0 Å². The van der Waals surface area contributed by atoms with E-state index in [2.05, 4.69) is 26.8 Å². The number of allylic oxidation sites excluding steroid dienone is 5. The second-order valence-electron chi connectivity index (χ2n) is 7.52. The van der Waals surface area contributed by atoms with E-state index >= 15 is 0 Å². The molecule has 144 valence electrons. The summed E-state index contributed by atoms with van der Waals surface area (Å²) in [6.45, 7) is 9.54. The minimum absolute atomic E-state index is 0.0718. The Balaban J connectivity index is 3.18. The van der Waals surface area contributed by atoms with Crippen LogP contribution in [0.3, 0.4) is 0 Å². The number of rotatable bonds is 7. The average molecular weight is 360 g/mol. The van der Waals surface area contributed by atoms with Gasteiger partial charge in [-0.25, -0.2) is 0 Å². The van der Waals surface area contributed by atoms with Gasteiger partial charge in [0, 0.05) is 25.2 Å². The average Bonchev–Trinajstić information content (AvgIpc) is 2.59. The van der Waals surface area contributed by atoms with Gasteiger partial charge < -0.3 is 4.74 Å². The third kappa shape index (κ3) is 7.11. The molecular formula is C22H32O4. The zero-order valence-corrected chi connectivity index (χ0v) is 16.7. The summed E-state index contributed by atoms with van der Waals surface area (Å²) in [5, 5.41) is 0. The Kier molecular flexibility index (Phi) is 9.25. The van der Waals surface area contributed by atoms with E-state index < -0.39 is 5.97 Å². The van der Waals surface area contributed by atoms with Crippen LogP contribution in [0.5, 0.6) is 0 Å². The molecule has 0 aromatic rings. The lowest BCUT2D eigenvalue weighted by Gasteiger charge is -2.31. The van der Waals surface area contributed by atoms with Crippen molar-refractivity contribution < 1.29 is 19.1 Å². The molecule has 0 radical (unpaired) electrons. The molecule has 0 bridgehead atoms. The van der Waals surface area contributed by atoms with Crippen LogP contribution in [0, 0.1) is 17.8 Å². The molecule has 0 fully saturated rings. The van der Waals surface area contributed by atoms with Gasteiger partial charge in [0.05, 0.1) is 6.61 Å². The highest BCUT2D eigenvalue weighted by Crippen LogP contribution is 2.34. The first-order chi connectivity index (χ1) is 12.3. The molecule has 0 amide bonds. The van der Waals surface area contributed by atoms with Gasteiger partial charge in [-0.15, -0.1) is 0 Å². The summed E-state index contributed by atoms with van der Waals surface area (Å²) in [6.07, 6.45) is 9.57. The normalized spacial score (nSPS) is 26.1. The highest BCUT2D eigenvalue weighted by Gasteiger charge is 2.35. The summed E-state index contributed by atoms with van der Waals surface area (Å²) in [5.74, 6) is -0.904. The highest BCUT2D eigenvalue weighted by atomic mass is 16.5. The van der Waals surface area contributed by atoms with Crippen molar-refractivity contribution in [1.82, 2.24) is 0 Å². The third-order valence-electron chi connectivity index (χ3n) is 4.90. The maximum Gasteiger partial charge on any atom is 0.302 e. The van der Waals surface area contributed by atoms with E-state index in [0.717, 1.165) is 24.7 Å². The van der Waals surface area contributed by atoms with Crippen LogP contribution >= 0.6 is 0 Å². The van der Waals surface area contributed by atoms with Gasteiger partial charge in [0.2, 0.25) is 0 Å². The Morgan fingerprint density at radius 1 is 1.31 bits per heavy atom. The number of hydrogen-bond donors (Lipinski definition) is 0. The minimum Gasteiger partial charge on any atom is -0.465 e. The molecule has 4 heteroatoms. The van der Waals surface area contributed by atoms with Crippen LogP contribution in [0.25, 0.3) is 0 Å². The summed E-state index contributed by atoms with van der Waals surface area (Å²) < 4.78 is 5.23. The molecule has 1 aliphatic rings. The van der Waals surface area contributed by atoms with E-state index in [4.69, 9.17) is 4.74 Å². The number of aldehydes is 1. The summed E-state index contributed by atoms with van der Waals surface area (Å²) >= 11 is 0.